The van der Waals surface area contributed by atoms with Gasteiger partial charge in [-0.2, -0.15) is 0 Å². The highest BCUT2D eigenvalue weighted by Gasteiger charge is 2.15. The Morgan fingerprint density at radius 1 is 1.45 bits per heavy atom. The Morgan fingerprint density at radius 3 is 2.80 bits per heavy atom. The number of aliphatic hydroxyl groups is 1. The molecule has 20 heavy (non-hydrogen) atoms. The van der Waals surface area contributed by atoms with Crippen molar-refractivity contribution in [2.45, 2.75) is 11.3 Å². The van der Waals surface area contributed by atoms with Crippen LogP contribution in [-0.4, -0.2) is 40.4 Å². The highest BCUT2D eigenvalue weighted by molar-refractivity contribution is 7.89. The number of halogens is 1. The second kappa shape index (κ2) is 7.97. The number of benzene rings is 1. The van der Waals surface area contributed by atoms with Gasteiger partial charge in [0, 0.05) is 20.3 Å². The highest BCUT2D eigenvalue weighted by atomic mass is 32.2. The van der Waals surface area contributed by atoms with Crippen molar-refractivity contribution in [1.29, 1.82) is 0 Å². The molecule has 110 valence electrons. The zero-order chi connectivity index (χ0) is 15.0. The first-order valence-electron chi connectivity index (χ1n) is 5.89. The first-order valence-corrected chi connectivity index (χ1v) is 7.37. The van der Waals surface area contributed by atoms with Crippen LogP contribution >= 0.6 is 0 Å². The minimum atomic E-state index is -3.74. The molecule has 0 saturated carbocycles. The van der Waals surface area contributed by atoms with Crippen LogP contribution in [0.5, 0.6) is 0 Å². The lowest BCUT2D eigenvalue weighted by Gasteiger charge is -2.07. The van der Waals surface area contributed by atoms with Gasteiger partial charge in [0.05, 0.1) is 10.5 Å². The van der Waals surface area contributed by atoms with E-state index in [2.05, 4.69) is 16.6 Å². The van der Waals surface area contributed by atoms with E-state index in [1.807, 2.05) is 0 Å². The topological polar surface area (TPSA) is 75.6 Å². The van der Waals surface area contributed by atoms with Crippen LogP contribution in [0.4, 0.5) is 4.39 Å². The van der Waals surface area contributed by atoms with Crippen molar-refractivity contribution in [3.63, 3.8) is 0 Å². The Kier molecular flexibility index (Phi) is 6.61. The van der Waals surface area contributed by atoms with Gasteiger partial charge in [-0.3, -0.25) is 0 Å². The van der Waals surface area contributed by atoms with E-state index in [4.69, 9.17) is 9.84 Å². The minimum absolute atomic E-state index is 0.0392. The number of sulfonamides is 1. The molecule has 0 aliphatic rings. The zero-order valence-electron chi connectivity index (χ0n) is 11.0. The molecule has 1 aromatic carbocycles. The first kappa shape index (κ1) is 16.6. The van der Waals surface area contributed by atoms with Gasteiger partial charge in [-0.25, -0.2) is 17.5 Å². The second-order valence-electron chi connectivity index (χ2n) is 3.85. The normalized spacial score (nSPS) is 10.9. The molecular formula is C13H16FNO4S. The summed E-state index contributed by atoms with van der Waals surface area (Å²) in [5.41, 5.74) is 0.0392. The van der Waals surface area contributed by atoms with Gasteiger partial charge in [0.1, 0.15) is 12.4 Å². The Bertz CT molecular complexity index is 605. The lowest BCUT2D eigenvalue weighted by molar-refractivity contribution is 0.196. The van der Waals surface area contributed by atoms with Crippen molar-refractivity contribution >= 4 is 10.0 Å². The Labute approximate surface area is 117 Å². The van der Waals surface area contributed by atoms with Gasteiger partial charge in [-0.15, -0.1) is 0 Å². The molecule has 0 unspecified atom stereocenters. The molecule has 0 aliphatic heterocycles. The SMILES string of the molecule is COCCCNS(=O)(=O)c1ccc(C#CCO)c(F)c1. The molecule has 0 bridgehead atoms. The number of rotatable bonds is 6. The van der Waals surface area contributed by atoms with Gasteiger partial charge < -0.3 is 9.84 Å². The van der Waals surface area contributed by atoms with Gasteiger partial charge >= 0.3 is 0 Å². The van der Waals surface area contributed by atoms with Crippen LogP contribution < -0.4 is 4.72 Å². The van der Waals surface area contributed by atoms with Gasteiger partial charge in [-0.05, 0) is 24.6 Å². The number of hydrogen-bond acceptors (Lipinski definition) is 4. The number of ether oxygens (including phenoxy) is 1. The van der Waals surface area contributed by atoms with E-state index in [0.29, 0.717) is 13.0 Å². The van der Waals surface area contributed by atoms with Crippen molar-refractivity contribution in [1.82, 2.24) is 4.72 Å². The van der Waals surface area contributed by atoms with Crippen molar-refractivity contribution < 1.29 is 22.7 Å². The molecule has 0 fully saturated rings. The van der Waals surface area contributed by atoms with Crippen LogP contribution in [0.25, 0.3) is 0 Å². The molecule has 0 aliphatic carbocycles. The maximum absolute atomic E-state index is 13.7. The zero-order valence-corrected chi connectivity index (χ0v) is 11.8. The number of aliphatic hydroxyl groups excluding tert-OH is 1. The molecule has 1 rings (SSSR count). The standard InChI is InChI=1S/C13H16FNO4S/c1-19-9-3-7-15-20(17,18)12-6-5-11(4-2-8-16)13(14)10-12/h5-6,10,15-16H,3,7-9H2,1H3. The molecule has 0 amide bonds. The lowest BCUT2D eigenvalue weighted by atomic mass is 10.2. The maximum atomic E-state index is 13.7. The van der Waals surface area contributed by atoms with Crippen molar-refractivity contribution in [3.8, 4) is 11.8 Å². The molecule has 0 atom stereocenters. The van der Waals surface area contributed by atoms with Crippen molar-refractivity contribution in [3.05, 3.63) is 29.6 Å². The molecule has 0 saturated heterocycles. The van der Waals surface area contributed by atoms with Gasteiger partial charge in [0.25, 0.3) is 0 Å². The predicted octanol–water partition coefficient (Wildman–Crippen LogP) is 0.484. The van der Waals surface area contributed by atoms with Crippen LogP contribution in [0.2, 0.25) is 0 Å². The maximum Gasteiger partial charge on any atom is 0.240 e. The van der Waals surface area contributed by atoms with Crippen LogP contribution in [0.1, 0.15) is 12.0 Å². The number of nitrogens with one attached hydrogen (secondary N) is 1. The summed E-state index contributed by atoms with van der Waals surface area (Å²) in [5, 5.41) is 8.53. The summed E-state index contributed by atoms with van der Waals surface area (Å²) >= 11 is 0. The van der Waals surface area contributed by atoms with E-state index in [1.54, 1.807) is 0 Å². The van der Waals surface area contributed by atoms with Crippen molar-refractivity contribution in [2.24, 2.45) is 0 Å². The molecule has 7 heteroatoms. The fourth-order valence-electron chi connectivity index (χ4n) is 1.41. The summed E-state index contributed by atoms with van der Waals surface area (Å²) in [6, 6.07) is 3.44. The summed E-state index contributed by atoms with van der Waals surface area (Å²) in [6.45, 7) is 0.261. The van der Waals surface area contributed by atoms with Crippen LogP contribution in [0.3, 0.4) is 0 Å². The molecule has 5 nitrogen and oxygen atoms in total. The summed E-state index contributed by atoms with van der Waals surface area (Å²) in [4.78, 5) is -0.165. The number of methoxy groups -OCH3 is 1. The average Bonchev–Trinajstić information content (AvgIpc) is 2.42. The third kappa shape index (κ3) is 4.90. The monoisotopic (exact) mass is 301 g/mol. The molecule has 0 heterocycles. The summed E-state index contributed by atoms with van der Waals surface area (Å²) in [5.74, 6) is 3.95. The van der Waals surface area contributed by atoms with Gasteiger partial charge in [-0.1, -0.05) is 11.8 Å². The molecule has 1 aromatic rings. The van der Waals surface area contributed by atoms with E-state index in [0.717, 1.165) is 6.07 Å². The van der Waals surface area contributed by atoms with Crippen LogP contribution in [-0.2, 0) is 14.8 Å². The van der Waals surface area contributed by atoms with Gasteiger partial charge in [0.15, 0.2) is 0 Å². The Balaban J connectivity index is 2.83. The van der Waals surface area contributed by atoms with Crippen LogP contribution in [0, 0.1) is 17.7 Å². The Morgan fingerprint density at radius 2 is 2.20 bits per heavy atom. The van der Waals surface area contributed by atoms with E-state index in [-0.39, 0.29) is 23.6 Å². The predicted molar refractivity (Wildman–Crippen MR) is 72.0 cm³/mol. The molecule has 0 radical (unpaired) electrons. The summed E-state index contributed by atoms with van der Waals surface area (Å²) in [7, 11) is -2.22. The molecular weight excluding hydrogens is 285 g/mol. The van der Waals surface area contributed by atoms with Gasteiger partial charge in [0.2, 0.25) is 10.0 Å². The third-order valence-corrected chi connectivity index (χ3v) is 3.83. The summed E-state index contributed by atoms with van der Waals surface area (Å²) in [6.07, 6.45) is 0.526. The quantitative estimate of drug-likeness (QED) is 0.592. The Hall–Kier alpha value is -1.46. The minimum Gasteiger partial charge on any atom is -0.385 e. The fraction of sp³-hybridized carbons (Fsp3) is 0.385. The third-order valence-electron chi connectivity index (χ3n) is 2.37. The average molecular weight is 301 g/mol. The largest absolute Gasteiger partial charge is 0.385 e. The second-order valence-corrected chi connectivity index (χ2v) is 5.61. The van der Waals surface area contributed by atoms with E-state index < -0.39 is 15.8 Å². The molecule has 0 aromatic heterocycles. The van der Waals surface area contributed by atoms with E-state index >= 15 is 0 Å². The first-order chi connectivity index (χ1) is 9.51. The lowest BCUT2D eigenvalue weighted by Crippen LogP contribution is -2.25. The van der Waals surface area contributed by atoms with Crippen molar-refractivity contribution in [2.75, 3.05) is 26.9 Å². The van der Waals surface area contributed by atoms with E-state index in [1.165, 1.54) is 19.2 Å². The van der Waals surface area contributed by atoms with E-state index in [9.17, 15) is 12.8 Å². The molecule has 2 N–H and O–H groups in total. The van der Waals surface area contributed by atoms with Crippen LogP contribution in [0.15, 0.2) is 23.1 Å². The summed E-state index contributed by atoms with van der Waals surface area (Å²) < 4.78 is 44.6. The fourth-order valence-corrected chi connectivity index (χ4v) is 2.49. The highest BCUT2D eigenvalue weighted by Crippen LogP contribution is 2.14. The molecule has 0 spiro atoms. The smallest absolute Gasteiger partial charge is 0.240 e. The number of hydrogen-bond donors (Lipinski definition) is 2.